The molecule has 1 aromatic rings. The summed E-state index contributed by atoms with van der Waals surface area (Å²) in [5.74, 6) is 1.26. The molecule has 1 aromatic heterocycles. The fourth-order valence-electron chi connectivity index (χ4n) is 4.06. The van der Waals surface area contributed by atoms with Gasteiger partial charge in [0.15, 0.2) is 5.96 Å². The minimum Gasteiger partial charge on any atom is -0.355 e. The third-order valence-corrected chi connectivity index (χ3v) is 7.26. The van der Waals surface area contributed by atoms with Gasteiger partial charge in [-0.15, -0.1) is 35.3 Å². The maximum Gasteiger partial charge on any atom is 0.239 e. The lowest BCUT2D eigenvalue weighted by molar-refractivity contribution is -0.135. The second-order valence-electron chi connectivity index (χ2n) is 8.49. The van der Waals surface area contributed by atoms with Crippen LogP contribution in [0.5, 0.6) is 0 Å². The van der Waals surface area contributed by atoms with Crippen molar-refractivity contribution in [3.05, 3.63) is 22.4 Å². The Labute approximate surface area is 196 Å². The van der Waals surface area contributed by atoms with Gasteiger partial charge in [-0.05, 0) is 31.2 Å². The number of piperazine rings is 1. The van der Waals surface area contributed by atoms with Crippen molar-refractivity contribution in [2.75, 3.05) is 52.9 Å². The molecule has 2 aliphatic rings. The Hall–Kier alpha value is -0.870. The molecule has 6 nitrogen and oxygen atoms in total. The van der Waals surface area contributed by atoms with E-state index < -0.39 is 0 Å². The molecule has 3 rings (SSSR count). The molecule has 0 radical (unpaired) electrons. The van der Waals surface area contributed by atoms with Crippen LogP contribution in [0.15, 0.2) is 22.5 Å². The predicted molar refractivity (Wildman–Crippen MR) is 133 cm³/mol. The highest BCUT2D eigenvalue weighted by Crippen LogP contribution is 2.26. The van der Waals surface area contributed by atoms with Crippen molar-refractivity contribution in [1.29, 1.82) is 0 Å². The third kappa shape index (κ3) is 6.07. The molecule has 2 fully saturated rings. The first-order chi connectivity index (χ1) is 13.4. The van der Waals surface area contributed by atoms with E-state index in [1.54, 1.807) is 11.3 Å². The number of guanidine groups is 1. The molecular formula is C21H36IN5OS. The van der Waals surface area contributed by atoms with Gasteiger partial charge in [-0.2, -0.15) is 0 Å². The van der Waals surface area contributed by atoms with Crippen LogP contribution in [0.1, 0.15) is 38.5 Å². The molecule has 0 saturated carbocycles. The van der Waals surface area contributed by atoms with Crippen LogP contribution in [0, 0.1) is 0 Å². The molecule has 8 heteroatoms. The quantitative estimate of drug-likeness (QED) is 0.360. The summed E-state index contributed by atoms with van der Waals surface area (Å²) in [6.45, 7) is 12.9. The van der Waals surface area contributed by atoms with Crippen LogP contribution in [0.25, 0.3) is 0 Å². The first kappa shape index (κ1) is 24.4. The number of carbonyl (C=O) groups excluding carboxylic acids is 1. The first-order valence-corrected chi connectivity index (χ1v) is 11.3. The predicted octanol–water partition coefficient (Wildman–Crippen LogP) is 2.85. The summed E-state index contributed by atoms with van der Waals surface area (Å²) in [6.07, 6.45) is 2.30. The van der Waals surface area contributed by atoms with Crippen molar-refractivity contribution in [3.63, 3.8) is 0 Å². The molecule has 164 valence electrons. The fourth-order valence-corrected chi connectivity index (χ4v) is 4.91. The smallest absolute Gasteiger partial charge is 0.239 e. The highest BCUT2D eigenvalue weighted by Gasteiger charge is 2.31. The average molecular weight is 534 g/mol. The molecule has 0 bridgehead atoms. The molecule has 1 N–H and O–H groups in total. The minimum absolute atomic E-state index is 0. The van der Waals surface area contributed by atoms with Crippen molar-refractivity contribution < 1.29 is 4.79 Å². The zero-order chi connectivity index (χ0) is 20.1. The molecule has 29 heavy (non-hydrogen) atoms. The van der Waals surface area contributed by atoms with Crippen molar-refractivity contribution in [2.45, 2.75) is 45.1 Å². The van der Waals surface area contributed by atoms with Gasteiger partial charge in [-0.1, -0.05) is 19.9 Å². The number of hydrogen-bond acceptors (Lipinski definition) is 4. The fraction of sp³-hybridized carbons (Fsp3) is 0.714. The monoisotopic (exact) mass is 533 g/mol. The number of aliphatic imine (C=N–C) groups is 1. The van der Waals surface area contributed by atoms with E-state index in [0.29, 0.717) is 5.91 Å². The van der Waals surface area contributed by atoms with Crippen LogP contribution in [0.3, 0.4) is 0 Å². The Morgan fingerprint density at radius 1 is 1.17 bits per heavy atom. The summed E-state index contributed by atoms with van der Waals surface area (Å²) in [5.41, 5.74) is 0.0720. The SMILES string of the molecule is CN=C(NCC(C)(C)c1cccs1)N1CCN(C(C)C(=O)N2CCCC2)CC1.I. The van der Waals surface area contributed by atoms with E-state index in [9.17, 15) is 4.79 Å². The van der Waals surface area contributed by atoms with E-state index in [4.69, 9.17) is 0 Å². The summed E-state index contributed by atoms with van der Waals surface area (Å²) in [4.78, 5) is 25.2. The van der Waals surface area contributed by atoms with Crippen LogP contribution in [0.4, 0.5) is 0 Å². The number of rotatable bonds is 5. The van der Waals surface area contributed by atoms with Crippen molar-refractivity contribution >= 4 is 47.2 Å². The summed E-state index contributed by atoms with van der Waals surface area (Å²) in [5, 5.41) is 5.70. The molecule has 2 saturated heterocycles. The van der Waals surface area contributed by atoms with Crippen molar-refractivity contribution in [3.8, 4) is 0 Å². The number of hydrogen-bond donors (Lipinski definition) is 1. The van der Waals surface area contributed by atoms with E-state index >= 15 is 0 Å². The van der Waals surface area contributed by atoms with Gasteiger partial charge in [0, 0.05) is 63.2 Å². The number of carbonyl (C=O) groups is 1. The van der Waals surface area contributed by atoms with Gasteiger partial charge < -0.3 is 15.1 Å². The van der Waals surface area contributed by atoms with Gasteiger partial charge >= 0.3 is 0 Å². The number of amides is 1. The van der Waals surface area contributed by atoms with Crippen molar-refractivity contribution in [1.82, 2.24) is 20.0 Å². The molecule has 0 aromatic carbocycles. The number of halogens is 1. The zero-order valence-electron chi connectivity index (χ0n) is 18.2. The molecule has 2 aliphatic heterocycles. The lowest BCUT2D eigenvalue weighted by Crippen LogP contribution is -2.57. The van der Waals surface area contributed by atoms with Crippen LogP contribution < -0.4 is 5.32 Å². The molecule has 1 unspecified atom stereocenters. The summed E-state index contributed by atoms with van der Waals surface area (Å²) in [6, 6.07) is 4.29. The van der Waals surface area contributed by atoms with Gasteiger partial charge in [0.25, 0.3) is 0 Å². The van der Waals surface area contributed by atoms with Gasteiger partial charge in [-0.25, -0.2) is 0 Å². The lowest BCUT2D eigenvalue weighted by Gasteiger charge is -2.40. The number of thiophene rings is 1. The molecule has 0 spiro atoms. The Balaban J connectivity index is 0.00000300. The number of likely N-dealkylation sites (tertiary alicyclic amines) is 1. The summed E-state index contributed by atoms with van der Waals surface area (Å²) < 4.78 is 0. The maximum atomic E-state index is 12.7. The Kier molecular flexibility index (Phi) is 9.21. The number of nitrogens with zero attached hydrogens (tertiary/aromatic N) is 4. The van der Waals surface area contributed by atoms with Gasteiger partial charge in [0.1, 0.15) is 0 Å². The van der Waals surface area contributed by atoms with Crippen LogP contribution in [-0.2, 0) is 10.2 Å². The summed E-state index contributed by atoms with van der Waals surface area (Å²) in [7, 11) is 1.85. The molecular weight excluding hydrogens is 497 g/mol. The molecule has 1 amide bonds. The van der Waals surface area contributed by atoms with E-state index in [1.807, 2.05) is 11.9 Å². The Morgan fingerprint density at radius 2 is 1.83 bits per heavy atom. The largest absolute Gasteiger partial charge is 0.355 e. The summed E-state index contributed by atoms with van der Waals surface area (Å²) >= 11 is 1.81. The third-order valence-electron chi connectivity index (χ3n) is 6.03. The van der Waals surface area contributed by atoms with E-state index in [0.717, 1.165) is 64.6 Å². The van der Waals surface area contributed by atoms with Gasteiger partial charge in [0.2, 0.25) is 5.91 Å². The molecule has 3 heterocycles. The standard InChI is InChI=1S/C21H35N5OS.HI/c1-17(19(27)25-9-5-6-10-25)24-11-13-26(14-12-24)20(22-4)23-16-21(2,3)18-8-7-15-28-18;/h7-8,15,17H,5-6,9-14,16H2,1-4H3,(H,22,23);1H. The average Bonchev–Trinajstić information content (AvgIpc) is 3.42. The molecule has 1 atom stereocenters. The van der Waals surface area contributed by atoms with E-state index in [2.05, 4.69) is 58.4 Å². The zero-order valence-corrected chi connectivity index (χ0v) is 21.3. The first-order valence-electron chi connectivity index (χ1n) is 10.4. The van der Waals surface area contributed by atoms with Gasteiger partial charge in [-0.3, -0.25) is 14.7 Å². The Bertz CT molecular complexity index is 665. The van der Waals surface area contributed by atoms with E-state index in [1.165, 1.54) is 4.88 Å². The van der Waals surface area contributed by atoms with Crippen LogP contribution in [-0.4, -0.2) is 85.5 Å². The van der Waals surface area contributed by atoms with Crippen molar-refractivity contribution in [2.24, 2.45) is 4.99 Å². The Morgan fingerprint density at radius 3 is 2.38 bits per heavy atom. The van der Waals surface area contributed by atoms with Crippen LogP contribution >= 0.6 is 35.3 Å². The van der Waals surface area contributed by atoms with Gasteiger partial charge in [0.05, 0.1) is 6.04 Å². The second-order valence-corrected chi connectivity index (χ2v) is 9.44. The highest BCUT2D eigenvalue weighted by atomic mass is 127. The lowest BCUT2D eigenvalue weighted by atomic mass is 9.91. The molecule has 0 aliphatic carbocycles. The highest BCUT2D eigenvalue weighted by molar-refractivity contribution is 14.0. The number of nitrogens with one attached hydrogen (secondary N) is 1. The maximum absolute atomic E-state index is 12.7. The normalized spacial score (nSPS) is 19.8. The van der Waals surface area contributed by atoms with Crippen LogP contribution in [0.2, 0.25) is 0 Å². The second kappa shape index (κ2) is 10.9. The van der Waals surface area contributed by atoms with E-state index in [-0.39, 0.29) is 35.4 Å². The topological polar surface area (TPSA) is 51.2 Å². The minimum atomic E-state index is -0.0204.